The number of hydrogen-bond donors (Lipinski definition) is 2. The standard InChI is InChI=1S/C22H22ClN3O3S/c1-13-2-6-17(7-3-13)30(28,29)26-11-15-9-20(18(15)12-26)25-22(27)21-8-14-4-5-16(23)10-19(14)24-21/h2-8,10,15,18,20,24H,9,11-12H2,1H3,(H,25,27)/t15-,18+,20+/m1/s1. The maximum atomic E-state index is 13.0. The Morgan fingerprint density at radius 2 is 1.90 bits per heavy atom. The first-order valence-electron chi connectivity index (χ1n) is 9.97. The summed E-state index contributed by atoms with van der Waals surface area (Å²) >= 11 is 6.01. The monoisotopic (exact) mass is 443 g/mol. The molecule has 2 aromatic carbocycles. The van der Waals surface area contributed by atoms with E-state index in [-0.39, 0.29) is 23.8 Å². The molecule has 1 aliphatic carbocycles. The molecule has 2 N–H and O–H groups in total. The van der Waals surface area contributed by atoms with E-state index in [1.54, 1.807) is 34.6 Å². The minimum absolute atomic E-state index is 0.0179. The van der Waals surface area contributed by atoms with Crippen LogP contribution >= 0.6 is 11.6 Å². The second-order valence-electron chi connectivity index (χ2n) is 8.29. The van der Waals surface area contributed by atoms with E-state index in [1.165, 1.54) is 0 Å². The Balaban J connectivity index is 1.27. The predicted octanol–water partition coefficient (Wildman–Crippen LogP) is 3.57. The van der Waals surface area contributed by atoms with Crippen molar-refractivity contribution in [3.63, 3.8) is 0 Å². The summed E-state index contributed by atoms with van der Waals surface area (Å²) in [7, 11) is -3.50. The third-order valence-electron chi connectivity index (χ3n) is 6.34. The van der Waals surface area contributed by atoms with E-state index in [1.807, 2.05) is 25.1 Å². The molecular weight excluding hydrogens is 422 g/mol. The molecule has 5 rings (SSSR count). The van der Waals surface area contributed by atoms with Crippen molar-refractivity contribution in [2.75, 3.05) is 13.1 Å². The maximum Gasteiger partial charge on any atom is 0.267 e. The van der Waals surface area contributed by atoms with Crippen LogP contribution in [0.5, 0.6) is 0 Å². The largest absolute Gasteiger partial charge is 0.350 e. The number of carbonyl (C=O) groups excluding carboxylic acids is 1. The van der Waals surface area contributed by atoms with Crippen LogP contribution in [0.15, 0.2) is 53.4 Å². The molecule has 3 aromatic rings. The highest BCUT2D eigenvalue weighted by molar-refractivity contribution is 7.89. The van der Waals surface area contributed by atoms with Crippen LogP contribution in [-0.4, -0.2) is 42.7 Å². The molecule has 0 unspecified atom stereocenters. The van der Waals surface area contributed by atoms with Gasteiger partial charge in [-0.3, -0.25) is 4.79 Å². The fourth-order valence-corrected chi connectivity index (χ4v) is 6.26. The molecule has 0 bridgehead atoms. The Bertz CT molecular complexity index is 1240. The molecule has 1 amide bonds. The lowest BCUT2D eigenvalue weighted by Gasteiger charge is -2.39. The number of aryl methyl sites for hydroxylation is 1. The Labute approximate surface area is 180 Å². The molecule has 0 radical (unpaired) electrons. The number of aromatic nitrogens is 1. The van der Waals surface area contributed by atoms with Gasteiger partial charge in [0.25, 0.3) is 5.91 Å². The SMILES string of the molecule is Cc1ccc(S(=O)(=O)N2C[C@H]3C[C@H](NC(=O)c4cc5ccc(Cl)cc5[nH]4)[C@H]3C2)cc1. The van der Waals surface area contributed by atoms with Gasteiger partial charge < -0.3 is 10.3 Å². The van der Waals surface area contributed by atoms with Gasteiger partial charge >= 0.3 is 0 Å². The molecular formula is C22H22ClN3O3S. The van der Waals surface area contributed by atoms with E-state index < -0.39 is 10.0 Å². The summed E-state index contributed by atoms with van der Waals surface area (Å²) in [4.78, 5) is 16.1. The van der Waals surface area contributed by atoms with Crippen molar-refractivity contribution in [2.24, 2.45) is 11.8 Å². The number of H-pyrrole nitrogens is 1. The summed E-state index contributed by atoms with van der Waals surface area (Å²) in [5.41, 5.74) is 2.32. The van der Waals surface area contributed by atoms with Crippen LogP contribution in [0.3, 0.4) is 0 Å². The molecule has 6 nitrogen and oxygen atoms in total. The van der Waals surface area contributed by atoms with Gasteiger partial charge in [0.15, 0.2) is 0 Å². The van der Waals surface area contributed by atoms with Gasteiger partial charge in [-0.2, -0.15) is 4.31 Å². The summed E-state index contributed by atoms with van der Waals surface area (Å²) in [5, 5.41) is 4.61. The van der Waals surface area contributed by atoms with Crippen LogP contribution in [0.1, 0.15) is 22.5 Å². The maximum absolute atomic E-state index is 13.0. The lowest BCUT2D eigenvalue weighted by molar-refractivity contribution is 0.0828. The number of rotatable bonds is 4. The highest BCUT2D eigenvalue weighted by Gasteiger charge is 2.50. The normalized spacial score (nSPS) is 23.9. The van der Waals surface area contributed by atoms with E-state index in [4.69, 9.17) is 11.6 Å². The summed E-state index contributed by atoms with van der Waals surface area (Å²) < 4.78 is 27.5. The Morgan fingerprint density at radius 1 is 1.13 bits per heavy atom. The van der Waals surface area contributed by atoms with Crippen molar-refractivity contribution in [3.05, 3.63) is 64.8 Å². The van der Waals surface area contributed by atoms with Gasteiger partial charge in [0.2, 0.25) is 10.0 Å². The predicted molar refractivity (Wildman–Crippen MR) is 116 cm³/mol. The number of sulfonamides is 1. The number of amides is 1. The Morgan fingerprint density at radius 3 is 2.67 bits per heavy atom. The third kappa shape index (κ3) is 3.31. The zero-order valence-electron chi connectivity index (χ0n) is 16.4. The number of nitrogens with one attached hydrogen (secondary N) is 2. The third-order valence-corrected chi connectivity index (χ3v) is 8.42. The average Bonchev–Trinajstić information content (AvgIpc) is 3.27. The molecule has 3 atom stereocenters. The number of carbonyl (C=O) groups is 1. The zero-order chi connectivity index (χ0) is 21.0. The first-order chi connectivity index (χ1) is 14.3. The van der Waals surface area contributed by atoms with Gasteiger partial charge in [0.1, 0.15) is 5.69 Å². The highest BCUT2D eigenvalue weighted by atomic mass is 35.5. The molecule has 1 aliphatic heterocycles. The van der Waals surface area contributed by atoms with Gasteiger partial charge in [-0.05, 0) is 55.5 Å². The summed E-state index contributed by atoms with van der Waals surface area (Å²) in [6.45, 7) is 2.88. The van der Waals surface area contributed by atoms with Gasteiger partial charge in [-0.1, -0.05) is 35.4 Å². The van der Waals surface area contributed by atoms with Crippen LogP contribution < -0.4 is 5.32 Å². The Hall–Kier alpha value is -2.35. The van der Waals surface area contributed by atoms with E-state index >= 15 is 0 Å². The van der Waals surface area contributed by atoms with Crippen molar-refractivity contribution < 1.29 is 13.2 Å². The summed E-state index contributed by atoms with van der Waals surface area (Å²) in [5.74, 6) is 0.260. The minimum atomic E-state index is -3.50. The molecule has 156 valence electrons. The van der Waals surface area contributed by atoms with E-state index in [2.05, 4.69) is 10.3 Å². The number of benzene rings is 2. The van der Waals surface area contributed by atoms with Crippen molar-refractivity contribution in [1.82, 2.24) is 14.6 Å². The number of hydrogen-bond acceptors (Lipinski definition) is 3. The Kier molecular flexibility index (Phi) is 4.65. The highest BCUT2D eigenvalue weighted by Crippen LogP contribution is 2.42. The van der Waals surface area contributed by atoms with Gasteiger partial charge in [0.05, 0.1) is 4.90 Å². The number of fused-ring (bicyclic) bond motifs is 2. The second-order valence-corrected chi connectivity index (χ2v) is 10.7. The van der Waals surface area contributed by atoms with Crippen molar-refractivity contribution in [1.29, 1.82) is 0 Å². The fourth-order valence-electron chi connectivity index (χ4n) is 4.56. The van der Waals surface area contributed by atoms with Crippen LogP contribution in [-0.2, 0) is 10.0 Å². The molecule has 0 spiro atoms. The van der Waals surface area contributed by atoms with Crippen LogP contribution in [0.2, 0.25) is 5.02 Å². The summed E-state index contributed by atoms with van der Waals surface area (Å²) in [6.07, 6.45) is 0.794. The smallest absolute Gasteiger partial charge is 0.267 e. The van der Waals surface area contributed by atoms with Crippen LogP contribution in [0.4, 0.5) is 0 Å². The molecule has 8 heteroatoms. The molecule has 1 aromatic heterocycles. The van der Waals surface area contributed by atoms with Crippen molar-refractivity contribution >= 4 is 38.4 Å². The van der Waals surface area contributed by atoms with E-state index in [0.717, 1.165) is 22.9 Å². The van der Waals surface area contributed by atoms with Crippen molar-refractivity contribution in [3.8, 4) is 0 Å². The first-order valence-corrected chi connectivity index (χ1v) is 11.8. The topological polar surface area (TPSA) is 82.3 Å². The molecule has 1 saturated carbocycles. The van der Waals surface area contributed by atoms with E-state index in [0.29, 0.717) is 28.7 Å². The van der Waals surface area contributed by atoms with Crippen LogP contribution in [0.25, 0.3) is 10.9 Å². The molecule has 2 heterocycles. The molecule has 1 saturated heterocycles. The molecule has 2 aliphatic rings. The minimum Gasteiger partial charge on any atom is -0.350 e. The lowest BCUT2D eigenvalue weighted by atomic mass is 9.71. The van der Waals surface area contributed by atoms with Crippen molar-refractivity contribution in [2.45, 2.75) is 24.3 Å². The van der Waals surface area contributed by atoms with E-state index in [9.17, 15) is 13.2 Å². The van der Waals surface area contributed by atoms with Gasteiger partial charge in [-0.15, -0.1) is 0 Å². The molecule has 2 fully saturated rings. The number of halogens is 1. The van der Waals surface area contributed by atoms with Gasteiger partial charge in [-0.25, -0.2) is 8.42 Å². The zero-order valence-corrected chi connectivity index (χ0v) is 18.0. The molecule has 30 heavy (non-hydrogen) atoms. The average molecular weight is 444 g/mol. The number of nitrogens with zero attached hydrogens (tertiary/aromatic N) is 1. The van der Waals surface area contributed by atoms with Crippen LogP contribution in [0, 0.1) is 18.8 Å². The number of aromatic amines is 1. The quantitative estimate of drug-likeness (QED) is 0.646. The first kappa shape index (κ1) is 19.6. The second kappa shape index (κ2) is 7.11. The van der Waals surface area contributed by atoms with Gasteiger partial charge in [0, 0.05) is 35.1 Å². The lowest BCUT2D eigenvalue weighted by Crippen LogP contribution is -2.52. The summed E-state index contributed by atoms with van der Waals surface area (Å²) in [6, 6.07) is 14.2. The fraction of sp³-hybridized carbons (Fsp3) is 0.318.